The molecule has 0 spiro atoms. The van der Waals surface area contributed by atoms with Crippen LogP contribution in [-0.2, 0) is 6.54 Å². The van der Waals surface area contributed by atoms with Gasteiger partial charge in [0.2, 0.25) is 0 Å². The van der Waals surface area contributed by atoms with E-state index in [2.05, 4.69) is 36.8 Å². The second-order valence-corrected chi connectivity index (χ2v) is 5.80. The van der Waals surface area contributed by atoms with Gasteiger partial charge in [-0.25, -0.2) is 13.2 Å². The van der Waals surface area contributed by atoms with E-state index in [-0.39, 0.29) is 12.4 Å². The van der Waals surface area contributed by atoms with Gasteiger partial charge in [0.1, 0.15) is 0 Å². The number of hydrogen-bond donors (Lipinski definition) is 1. The van der Waals surface area contributed by atoms with E-state index in [1.54, 1.807) is 24.3 Å². The minimum Gasteiger partial charge on any atom is -0.345 e. The molecule has 10 heteroatoms. The molecule has 1 amide bonds. The molecule has 0 aliphatic carbocycles. The second-order valence-electron chi connectivity index (χ2n) is 4.89. The van der Waals surface area contributed by atoms with Gasteiger partial charge >= 0.3 is 0 Å². The number of carbonyl (C=O) groups excluding carboxylic acids is 1. The highest BCUT2D eigenvalue weighted by Gasteiger charge is 2.19. The molecule has 0 aliphatic rings. The van der Waals surface area contributed by atoms with Crippen LogP contribution in [0.4, 0.5) is 13.2 Å². The second kappa shape index (κ2) is 7.01. The van der Waals surface area contributed by atoms with Crippen molar-refractivity contribution in [3.8, 4) is 5.69 Å². The molecule has 3 rings (SSSR count). The lowest BCUT2D eigenvalue weighted by atomic mass is 10.2. The predicted octanol–water partition coefficient (Wildman–Crippen LogP) is 2.77. The molecular formula is C15H9BrF3N5O. The molecule has 6 nitrogen and oxygen atoms in total. The minimum atomic E-state index is -1.70. The summed E-state index contributed by atoms with van der Waals surface area (Å²) in [5.74, 6) is -5.26. The molecule has 2 aromatic carbocycles. The summed E-state index contributed by atoms with van der Waals surface area (Å²) in [5.41, 5.74) is 0.0398. The highest BCUT2D eigenvalue weighted by Crippen LogP contribution is 2.16. The van der Waals surface area contributed by atoms with Crippen LogP contribution in [0, 0.1) is 17.5 Å². The third kappa shape index (κ3) is 3.53. The predicted molar refractivity (Wildman–Crippen MR) is 84.3 cm³/mol. The summed E-state index contributed by atoms with van der Waals surface area (Å²) in [6.45, 7) is -0.139. The van der Waals surface area contributed by atoms with Crippen LogP contribution in [-0.4, -0.2) is 26.1 Å². The molecule has 3 aromatic rings. The number of tetrazole rings is 1. The van der Waals surface area contributed by atoms with E-state index in [4.69, 9.17) is 0 Å². The number of aromatic nitrogens is 4. The molecule has 0 atom stereocenters. The first-order valence-electron chi connectivity index (χ1n) is 6.92. The van der Waals surface area contributed by atoms with Gasteiger partial charge in [-0.2, -0.15) is 4.68 Å². The molecule has 0 unspecified atom stereocenters. The van der Waals surface area contributed by atoms with Gasteiger partial charge in [0.15, 0.2) is 23.3 Å². The molecule has 0 saturated carbocycles. The average molecular weight is 412 g/mol. The lowest BCUT2D eigenvalue weighted by molar-refractivity contribution is 0.0944. The van der Waals surface area contributed by atoms with Crippen molar-refractivity contribution in [2.24, 2.45) is 0 Å². The van der Waals surface area contributed by atoms with Gasteiger partial charge in [-0.05, 0) is 46.8 Å². The Hall–Kier alpha value is -2.75. The van der Waals surface area contributed by atoms with Crippen LogP contribution in [0.25, 0.3) is 5.69 Å². The molecule has 128 valence electrons. The van der Waals surface area contributed by atoms with Crippen molar-refractivity contribution in [1.29, 1.82) is 0 Å². The van der Waals surface area contributed by atoms with Gasteiger partial charge in [0, 0.05) is 4.47 Å². The van der Waals surface area contributed by atoms with Crippen molar-refractivity contribution >= 4 is 21.8 Å². The van der Waals surface area contributed by atoms with Crippen molar-refractivity contribution < 1.29 is 18.0 Å². The Kier molecular flexibility index (Phi) is 4.79. The van der Waals surface area contributed by atoms with Crippen molar-refractivity contribution in [3.05, 3.63) is 69.7 Å². The van der Waals surface area contributed by atoms with E-state index in [0.29, 0.717) is 11.8 Å². The number of amides is 1. The molecule has 25 heavy (non-hydrogen) atoms. The van der Waals surface area contributed by atoms with Crippen LogP contribution in [0.1, 0.15) is 16.2 Å². The Labute approximate surface area is 147 Å². The number of carbonyl (C=O) groups is 1. The molecule has 1 aromatic heterocycles. The fourth-order valence-electron chi connectivity index (χ4n) is 2.05. The zero-order chi connectivity index (χ0) is 18.0. The summed E-state index contributed by atoms with van der Waals surface area (Å²) in [6, 6.07) is 8.62. The van der Waals surface area contributed by atoms with Crippen molar-refractivity contribution in [1.82, 2.24) is 25.5 Å². The van der Waals surface area contributed by atoms with E-state index in [9.17, 15) is 18.0 Å². The molecule has 0 radical (unpaired) electrons. The van der Waals surface area contributed by atoms with Crippen molar-refractivity contribution in [2.45, 2.75) is 6.54 Å². The zero-order valence-electron chi connectivity index (χ0n) is 12.4. The van der Waals surface area contributed by atoms with Gasteiger partial charge in [-0.1, -0.05) is 15.9 Å². The SMILES string of the molecule is O=C(NCc1nnnn1-c1ccc(Br)cc1)c1ccc(F)c(F)c1F. The molecule has 1 N–H and O–H groups in total. The number of halogens is 4. The summed E-state index contributed by atoms with van der Waals surface area (Å²) in [4.78, 5) is 12.0. The summed E-state index contributed by atoms with van der Waals surface area (Å²) in [7, 11) is 0. The van der Waals surface area contributed by atoms with Gasteiger partial charge < -0.3 is 5.32 Å². The lowest BCUT2D eigenvalue weighted by Gasteiger charge is -2.08. The van der Waals surface area contributed by atoms with Crippen LogP contribution in [0.5, 0.6) is 0 Å². The largest absolute Gasteiger partial charge is 0.345 e. The summed E-state index contributed by atoms with van der Waals surface area (Å²) >= 11 is 3.31. The maximum Gasteiger partial charge on any atom is 0.254 e. The maximum atomic E-state index is 13.6. The monoisotopic (exact) mass is 411 g/mol. The Bertz CT molecular complexity index is 929. The number of benzene rings is 2. The Morgan fingerprint density at radius 2 is 1.80 bits per heavy atom. The summed E-state index contributed by atoms with van der Waals surface area (Å²) < 4.78 is 42.0. The third-order valence-electron chi connectivity index (χ3n) is 3.29. The Balaban J connectivity index is 1.77. The molecule has 1 heterocycles. The minimum absolute atomic E-state index is 0.139. The normalized spacial score (nSPS) is 10.7. The van der Waals surface area contributed by atoms with Crippen LogP contribution in [0.2, 0.25) is 0 Å². The van der Waals surface area contributed by atoms with E-state index >= 15 is 0 Å². The van der Waals surface area contributed by atoms with E-state index < -0.39 is 28.9 Å². The fourth-order valence-corrected chi connectivity index (χ4v) is 2.32. The first kappa shape index (κ1) is 17.1. The van der Waals surface area contributed by atoms with E-state index in [1.165, 1.54) is 4.68 Å². The summed E-state index contributed by atoms with van der Waals surface area (Å²) in [6.07, 6.45) is 0. The standard InChI is InChI=1S/C15H9BrF3N5O/c16-8-1-3-9(4-2-8)24-12(21-22-23-24)7-20-15(25)10-5-6-11(17)14(19)13(10)18/h1-6H,7H2,(H,20,25). The Morgan fingerprint density at radius 1 is 1.08 bits per heavy atom. The first-order chi connectivity index (χ1) is 12.0. The van der Waals surface area contributed by atoms with Crippen molar-refractivity contribution in [2.75, 3.05) is 0 Å². The highest BCUT2D eigenvalue weighted by molar-refractivity contribution is 9.10. The van der Waals surface area contributed by atoms with Gasteiger partial charge in [-0.15, -0.1) is 5.10 Å². The quantitative estimate of drug-likeness (QED) is 0.670. The molecule has 0 saturated heterocycles. The topological polar surface area (TPSA) is 72.7 Å². The third-order valence-corrected chi connectivity index (χ3v) is 3.82. The van der Waals surface area contributed by atoms with Crippen LogP contribution in [0.15, 0.2) is 40.9 Å². The molecule has 0 bridgehead atoms. The van der Waals surface area contributed by atoms with Crippen molar-refractivity contribution in [3.63, 3.8) is 0 Å². The molecule has 0 aliphatic heterocycles. The van der Waals surface area contributed by atoms with Gasteiger partial charge in [0.25, 0.3) is 5.91 Å². The van der Waals surface area contributed by atoms with Crippen LogP contribution in [0.3, 0.4) is 0 Å². The first-order valence-corrected chi connectivity index (χ1v) is 7.71. The van der Waals surface area contributed by atoms with E-state index in [1.807, 2.05) is 0 Å². The zero-order valence-corrected chi connectivity index (χ0v) is 14.0. The lowest BCUT2D eigenvalue weighted by Crippen LogP contribution is -2.26. The molecular weight excluding hydrogens is 403 g/mol. The van der Waals surface area contributed by atoms with Gasteiger partial charge in [-0.3, -0.25) is 4.79 Å². The van der Waals surface area contributed by atoms with Crippen LogP contribution >= 0.6 is 15.9 Å². The number of rotatable bonds is 4. The smallest absolute Gasteiger partial charge is 0.254 e. The fraction of sp³-hybridized carbons (Fsp3) is 0.0667. The van der Waals surface area contributed by atoms with Crippen LogP contribution < -0.4 is 5.32 Å². The van der Waals surface area contributed by atoms with E-state index in [0.717, 1.165) is 10.5 Å². The number of nitrogens with one attached hydrogen (secondary N) is 1. The maximum absolute atomic E-state index is 13.6. The number of hydrogen-bond acceptors (Lipinski definition) is 4. The highest BCUT2D eigenvalue weighted by atomic mass is 79.9. The van der Waals surface area contributed by atoms with Gasteiger partial charge in [0.05, 0.1) is 17.8 Å². The summed E-state index contributed by atoms with van der Waals surface area (Å²) in [5, 5.41) is 13.5. The number of nitrogens with zero attached hydrogens (tertiary/aromatic N) is 4. The average Bonchev–Trinajstić information content (AvgIpc) is 3.07. The molecule has 0 fully saturated rings. The Morgan fingerprint density at radius 3 is 2.52 bits per heavy atom.